The zero-order valence-electron chi connectivity index (χ0n) is 7.96. The van der Waals surface area contributed by atoms with Crippen molar-refractivity contribution in [1.82, 2.24) is 4.98 Å². The molecule has 1 aromatic heterocycles. The highest BCUT2D eigenvalue weighted by Gasteiger charge is 2.10. The Morgan fingerprint density at radius 3 is 3.00 bits per heavy atom. The zero-order chi connectivity index (χ0) is 10.8. The van der Waals surface area contributed by atoms with Gasteiger partial charge in [-0.2, -0.15) is 0 Å². The van der Waals surface area contributed by atoms with Crippen LogP contribution in [-0.4, -0.2) is 11.5 Å². The second-order valence-electron chi connectivity index (χ2n) is 3.24. The normalized spacial score (nSPS) is 11.1. The molecule has 0 saturated heterocycles. The fourth-order valence-corrected chi connectivity index (χ4v) is 1.61. The Balaban J connectivity index is 2.41. The summed E-state index contributed by atoms with van der Waals surface area (Å²) in [5.74, 6) is 0.133. The number of halogens is 2. The van der Waals surface area contributed by atoms with Crippen LogP contribution >= 0.6 is 11.6 Å². The van der Waals surface area contributed by atoms with E-state index in [1.807, 2.05) is 0 Å². The standard InChI is InChI=1S/C10H10ClFN2O/c11-7-4-6(12)5-8-10(7)15-9(14-8)2-1-3-13/h4-5H,1-3,13H2. The number of aryl methyl sites for hydroxylation is 1. The molecule has 0 atom stereocenters. The van der Waals surface area contributed by atoms with E-state index in [-0.39, 0.29) is 5.02 Å². The summed E-state index contributed by atoms with van der Waals surface area (Å²) in [4.78, 5) is 4.13. The summed E-state index contributed by atoms with van der Waals surface area (Å²) >= 11 is 5.81. The van der Waals surface area contributed by atoms with Gasteiger partial charge in [-0.15, -0.1) is 0 Å². The summed E-state index contributed by atoms with van der Waals surface area (Å²) in [7, 11) is 0. The molecule has 0 aliphatic carbocycles. The molecule has 0 aliphatic heterocycles. The first kappa shape index (κ1) is 10.4. The molecule has 1 aromatic carbocycles. The minimum atomic E-state index is -0.411. The molecule has 5 heteroatoms. The van der Waals surface area contributed by atoms with E-state index in [9.17, 15) is 4.39 Å². The molecule has 0 bridgehead atoms. The highest BCUT2D eigenvalue weighted by molar-refractivity contribution is 6.34. The first-order chi connectivity index (χ1) is 7.20. The van der Waals surface area contributed by atoms with E-state index in [4.69, 9.17) is 21.8 Å². The number of hydrogen-bond acceptors (Lipinski definition) is 3. The summed E-state index contributed by atoms with van der Waals surface area (Å²) < 4.78 is 18.4. The average Bonchev–Trinajstić information content (AvgIpc) is 2.57. The van der Waals surface area contributed by atoms with Crippen molar-refractivity contribution in [2.24, 2.45) is 5.73 Å². The fraction of sp³-hybridized carbons (Fsp3) is 0.300. The SMILES string of the molecule is NCCCc1nc2cc(F)cc(Cl)c2o1. The monoisotopic (exact) mass is 228 g/mol. The van der Waals surface area contributed by atoms with E-state index < -0.39 is 5.82 Å². The van der Waals surface area contributed by atoms with Gasteiger partial charge in [-0.1, -0.05) is 11.6 Å². The minimum Gasteiger partial charge on any atom is -0.439 e. The predicted octanol–water partition coefficient (Wildman–Crippen LogP) is 2.51. The maximum absolute atomic E-state index is 13.0. The van der Waals surface area contributed by atoms with Gasteiger partial charge in [-0.25, -0.2) is 9.37 Å². The van der Waals surface area contributed by atoms with Crippen molar-refractivity contribution >= 4 is 22.7 Å². The Hall–Kier alpha value is -1.13. The van der Waals surface area contributed by atoms with Gasteiger partial charge in [0, 0.05) is 12.5 Å². The summed E-state index contributed by atoms with van der Waals surface area (Å²) in [6, 6.07) is 2.51. The molecule has 0 aliphatic rings. The summed E-state index contributed by atoms with van der Waals surface area (Å²) in [5, 5.41) is 0.247. The number of rotatable bonds is 3. The molecule has 3 nitrogen and oxygen atoms in total. The molecule has 0 fully saturated rings. The van der Waals surface area contributed by atoms with Crippen molar-refractivity contribution in [1.29, 1.82) is 0 Å². The van der Waals surface area contributed by atoms with E-state index in [1.165, 1.54) is 12.1 Å². The maximum atomic E-state index is 13.0. The van der Waals surface area contributed by atoms with Gasteiger partial charge in [0.25, 0.3) is 0 Å². The van der Waals surface area contributed by atoms with Crippen LogP contribution in [0.15, 0.2) is 16.5 Å². The zero-order valence-corrected chi connectivity index (χ0v) is 8.72. The van der Waals surface area contributed by atoms with Gasteiger partial charge in [-0.05, 0) is 19.0 Å². The Bertz CT molecular complexity index is 483. The van der Waals surface area contributed by atoms with Crippen LogP contribution < -0.4 is 5.73 Å². The largest absolute Gasteiger partial charge is 0.439 e. The van der Waals surface area contributed by atoms with Gasteiger partial charge >= 0.3 is 0 Å². The first-order valence-corrected chi connectivity index (χ1v) is 5.03. The predicted molar refractivity (Wildman–Crippen MR) is 56.4 cm³/mol. The second kappa shape index (κ2) is 4.16. The van der Waals surface area contributed by atoms with Crippen molar-refractivity contribution in [3.05, 3.63) is 28.9 Å². The molecular weight excluding hydrogens is 219 g/mol. The van der Waals surface area contributed by atoms with E-state index in [1.54, 1.807) is 0 Å². The highest BCUT2D eigenvalue weighted by atomic mass is 35.5. The molecule has 15 heavy (non-hydrogen) atoms. The Morgan fingerprint density at radius 1 is 1.47 bits per heavy atom. The smallest absolute Gasteiger partial charge is 0.195 e. The molecule has 2 aromatic rings. The summed E-state index contributed by atoms with van der Waals surface area (Å²) in [6.07, 6.45) is 1.43. The number of aromatic nitrogens is 1. The third-order valence-electron chi connectivity index (χ3n) is 2.05. The molecule has 2 rings (SSSR count). The van der Waals surface area contributed by atoms with E-state index in [0.717, 1.165) is 6.42 Å². The van der Waals surface area contributed by atoms with Gasteiger partial charge in [0.1, 0.15) is 11.3 Å². The molecular formula is C10H10ClFN2O. The third-order valence-corrected chi connectivity index (χ3v) is 2.33. The van der Waals surface area contributed by atoms with Crippen LogP contribution in [-0.2, 0) is 6.42 Å². The lowest BCUT2D eigenvalue weighted by atomic mass is 10.3. The maximum Gasteiger partial charge on any atom is 0.195 e. The van der Waals surface area contributed by atoms with Crippen LogP contribution in [0.5, 0.6) is 0 Å². The Morgan fingerprint density at radius 2 is 2.27 bits per heavy atom. The molecule has 0 radical (unpaired) electrons. The lowest BCUT2D eigenvalue weighted by Crippen LogP contribution is -2.00. The summed E-state index contributed by atoms with van der Waals surface area (Å²) in [5.41, 5.74) is 6.26. The highest BCUT2D eigenvalue weighted by Crippen LogP contribution is 2.25. The number of oxazole rings is 1. The fourth-order valence-electron chi connectivity index (χ4n) is 1.37. The van der Waals surface area contributed by atoms with E-state index >= 15 is 0 Å². The van der Waals surface area contributed by atoms with Gasteiger partial charge in [-0.3, -0.25) is 0 Å². The molecule has 0 amide bonds. The third kappa shape index (κ3) is 2.11. The second-order valence-corrected chi connectivity index (χ2v) is 3.64. The van der Waals surface area contributed by atoms with Crippen molar-refractivity contribution < 1.29 is 8.81 Å². The molecule has 0 unspecified atom stereocenters. The quantitative estimate of drug-likeness (QED) is 0.878. The van der Waals surface area contributed by atoms with Crippen molar-refractivity contribution in [3.63, 3.8) is 0 Å². The van der Waals surface area contributed by atoms with Crippen LogP contribution in [0.4, 0.5) is 4.39 Å². The first-order valence-electron chi connectivity index (χ1n) is 4.65. The van der Waals surface area contributed by atoms with Crippen LogP contribution in [0.2, 0.25) is 5.02 Å². The van der Waals surface area contributed by atoms with Crippen molar-refractivity contribution in [3.8, 4) is 0 Å². The number of benzene rings is 1. The van der Waals surface area contributed by atoms with Gasteiger partial charge in [0.2, 0.25) is 0 Å². The van der Waals surface area contributed by atoms with Gasteiger partial charge < -0.3 is 10.2 Å². The van der Waals surface area contributed by atoms with Crippen molar-refractivity contribution in [2.45, 2.75) is 12.8 Å². The molecule has 0 saturated carbocycles. The van der Waals surface area contributed by atoms with Crippen LogP contribution in [0.3, 0.4) is 0 Å². The lowest BCUT2D eigenvalue weighted by molar-refractivity contribution is 0.521. The topological polar surface area (TPSA) is 52.0 Å². The lowest BCUT2D eigenvalue weighted by Gasteiger charge is -1.91. The number of hydrogen-bond donors (Lipinski definition) is 1. The molecule has 2 N–H and O–H groups in total. The van der Waals surface area contributed by atoms with E-state index in [2.05, 4.69) is 4.98 Å². The van der Waals surface area contributed by atoms with Crippen LogP contribution in [0, 0.1) is 5.82 Å². The van der Waals surface area contributed by atoms with Gasteiger partial charge in [0.15, 0.2) is 11.5 Å². The molecule has 0 spiro atoms. The molecule has 80 valence electrons. The number of fused-ring (bicyclic) bond motifs is 1. The minimum absolute atomic E-state index is 0.247. The average molecular weight is 229 g/mol. The van der Waals surface area contributed by atoms with E-state index in [0.29, 0.717) is 30.0 Å². The summed E-state index contributed by atoms with van der Waals surface area (Å²) in [6.45, 7) is 0.570. The number of nitrogens with zero attached hydrogens (tertiary/aromatic N) is 1. The van der Waals surface area contributed by atoms with Crippen LogP contribution in [0.25, 0.3) is 11.1 Å². The number of nitrogens with two attached hydrogens (primary N) is 1. The molecule has 1 heterocycles. The van der Waals surface area contributed by atoms with Crippen LogP contribution in [0.1, 0.15) is 12.3 Å². The Kier molecular flexibility index (Phi) is 2.88. The Labute approximate surface area is 91.0 Å². The van der Waals surface area contributed by atoms with Gasteiger partial charge in [0.05, 0.1) is 5.02 Å². The van der Waals surface area contributed by atoms with Crippen molar-refractivity contribution in [2.75, 3.05) is 6.54 Å².